The molecule has 3 atom stereocenters. The number of aryl methyl sites for hydroxylation is 2. The van der Waals surface area contributed by atoms with E-state index in [2.05, 4.69) is 10.5 Å². The van der Waals surface area contributed by atoms with Gasteiger partial charge in [-0.15, -0.1) is 12.4 Å². The fourth-order valence-corrected chi connectivity index (χ4v) is 2.98. The van der Waals surface area contributed by atoms with Crippen LogP contribution in [0.2, 0.25) is 0 Å². The maximum atomic E-state index is 12.2. The average Bonchev–Trinajstić information content (AvgIpc) is 2.70. The van der Waals surface area contributed by atoms with Crippen LogP contribution in [0.15, 0.2) is 4.52 Å². The summed E-state index contributed by atoms with van der Waals surface area (Å²) < 4.78 is 5.15. The summed E-state index contributed by atoms with van der Waals surface area (Å²) in [4.78, 5) is 12.2. The van der Waals surface area contributed by atoms with Crippen LogP contribution in [0.5, 0.6) is 0 Å². The van der Waals surface area contributed by atoms with Crippen LogP contribution in [-0.4, -0.2) is 23.1 Å². The van der Waals surface area contributed by atoms with Crippen LogP contribution in [0.25, 0.3) is 0 Å². The lowest BCUT2D eigenvalue weighted by Crippen LogP contribution is -2.42. The van der Waals surface area contributed by atoms with E-state index in [1.807, 2.05) is 20.8 Å². The Hall–Kier alpha value is -1.07. The molecule has 0 spiro atoms. The largest absolute Gasteiger partial charge is 0.361 e. The number of aromatic nitrogens is 1. The quantitative estimate of drug-likeness (QED) is 0.893. The van der Waals surface area contributed by atoms with Crippen molar-refractivity contribution < 1.29 is 9.32 Å². The predicted octanol–water partition coefficient (Wildman–Crippen LogP) is 2.28. The van der Waals surface area contributed by atoms with E-state index < -0.39 is 0 Å². The number of rotatable bonds is 4. The average molecular weight is 316 g/mol. The lowest BCUT2D eigenvalue weighted by molar-refractivity contribution is -0.126. The molecule has 1 aliphatic carbocycles. The van der Waals surface area contributed by atoms with Crippen molar-refractivity contribution >= 4 is 18.3 Å². The van der Waals surface area contributed by atoms with Crippen molar-refractivity contribution in [2.24, 2.45) is 11.7 Å². The molecule has 0 bridgehead atoms. The van der Waals surface area contributed by atoms with Crippen molar-refractivity contribution in [2.75, 3.05) is 0 Å². The van der Waals surface area contributed by atoms with Gasteiger partial charge in [-0.3, -0.25) is 4.79 Å². The van der Waals surface area contributed by atoms with Gasteiger partial charge in [-0.05, 0) is 46.5 Å². The van der Waals surface area contributed by atoms with Crippen molar-refractivity contribution in [3.63, 3.8) is 0 Å². The molecule has 5 nitrogen and oxygen atoms in total. The summed E-state index contributed by atoms with van der Waals surface area (Å²) in [6.45, 7) is 5.86. The summed E-state index contributed by atoms with van der Waals surface area (Å²) in [6.07, 6.45) is 4.61. The molecule has 1 aliphatic rings. The Morgan fingerprint density at radius 2 is 2.19 bits per heavy atom. The summed E-state index contributed by atoms with van der Waals surface area (Å²) in [7, 11) is 0. The zero-order valence-electron chi connectivity index (χ0n) is 13.0. The Morgan fingerprint density at radius 1 is 1.48 bits per heavy atom. The first kappa shape index (κ1) is 18.0. The molecule has 0 aliphatic heterocycles. The van der Waals surface area contributed by atoms with Crippen molar-refractivity contribution in [1.29, 1.82) is 0 Å². The molecule has 120 valence electrons. The second-order valence-corrected chi connectivity index (χ2v) is 6.04. The van der Waals surface area contributed by atoms with Crippen LogP contribution in [-0.2, 0) is 11.2 Å². The molecule has 1 heterocycles. The Morgan fingerprint density at radius 3 is 2.76 bits per heavy atom. The molecule has 3 unspecified atom stereocenters. The number of halogens is 1. The van der Waals surface area contributed by atoms with E-state index >= 15 is 0 Å². The second kappa shape index (κ2) is 7.80. The maximum absolute atomic E-state index is 12.2. The Labute approximate surface area is 132 Å². The highest BCUT2D eigenvalue weighted by Crippen LogP contribution is 2.23. The number of nitrogens with zero attached hydrogens (tertiary/aromatic N) is 1. The normalized spacial score (nSPS) is 23.2. The first-order valence-corrected chi connectivity index (χ1v) is 7.45. The maximum Gasteiger partial charge on any atom is 0.223 e. The standard InChI is InChI=1S/C15H25N3O2.ClH/c1-9(7-14-10(2)18-20-11(14)3)17-15(19)12-5-4-6-13(16)8-12;/h9,12-13H,4-8,16H2,1-3H3,(H,17,19);1H. The number of hydrogen-bond donors (Lipinski definition) is 2. The van der Waals surface area contributed by atoms with Crippen LogP contribution in [0.4, 0.5) is 0 Å². The SMILES string of the molecule is Cc1noc(C)c1CC(C)NC(=O)C1CCCC(N)C1.Cl. The zero-order valence-corrected chi connectivity index (χ0v) is 13.8. The van der Waals surface area contributed by atoms with Gasteiger partial charge in [0.2, 0.25) is 5.91 Å². The first-order valence-electron chi connectivity index (χ1n) is 7.45. The third kappa shape index (κ3) is 4.71. The van der Waals surface area contributed by atoms with Crippen LogP contribution in [0.1, 0.15) is 49.6 Å². The third-order valence-electron chi connectivity index (χ3n) is 4.17. The molecule has 0 aromatic carbocycles. The molecule has 6 heteroatoms. The summed E-state index contributed by atoms with van der Waals surface area (Å²) in [6, 6.07) is 0.259. The molecule has 1 saturated carbocycles. The van der Waals surface area contributed by atoms with Gasteiger partial charge in [-0.25, -0.2) is 0 Å². The van der Waals surface area contributed by atoms with Gasteiger partial charge in [0.25, 0.3) is 0 Å². The number of hydrogen-bond acceptors (Lipinski definition) is 4. The molecule has 1 aromatic heterocycles. The fraction of sp³-hybridized carbons (Fsp3) is 0.733. The second-order valence-electron chi connectivity index (χ2n) is 6.04. The number of nitrogens with two attached hydrogens (primary N) is 1. The molecule has 2 rings (SSSR count). The molecular formula is C15H26ClN3O2. The van der Waals surface area contributed by atoms with Crippen molar-refractivity contribution in [2.45, 2.75) is 65.0 Å². The van der Waals surface area contributed by atoms with Gasteiger partial charge in [0, 0.05) is 23.6 Å². The van der Waals surface area contributed by atoms with Gasteiger partial charge in [0.05, 0.1) is 5.69 Å². The highest BCUT2D eigenvalue weighted by molar-refractivity contribution is 5.85. The number of amides is 1. The first-order chi connectivity index (χ1) is 9.47. The van der Waals surface area contributed by atoms with E-state index in [0.29, 0.717) is 0 Å². The smallest absolute Gasteiger partial charge is 0.223 e. The van der Waals surface area contributed by atoms with Crippen LogP contribution in [0, 0.1) is 19.8 Å². The number of carbonyl (C=O) groups excluding carboxylic acids is 1. The molecule has 0 radical (unpaired) electrons. The highest BCUT2D eigenvalue weighted by Gasteiger charge is 2.26. The lowest BCUT2D eigenvalue weighted by Gasteiger charge is -2.27. The minimum absolute atomic E-state index is 0. The van der Waals surface area contributed by atoms with Gasteiger partial charge < -0.3 is 15.6 Å². The van der Waals surface area contributed by atoms with E-state index in [1.54, 1.807) is 0 Å². The lowest BCUT2D eigenvalue weighted by atomic mass is 9.85. The number of carbonyl (C=O) groups is 1. The van der Waals surface area contributed by atoms with Gasteiger partial charge in [-0.2, -0.15) is 0 Å². The predicted molar refractivity (Wildman–Crippen MR) is 84.5 cm³/mol. The van der Waals surface area contributed by atoms with E-state index in [0.717, 1.165) is 49.1 Å². The van der Waals surface area contributed by atoms with E-state index in [1.165, 1.54) is 0 Å². The molecule has 1 amide bonds. The van der Waals surface area contributed by atoms with Crippen LogP contribution in [0.3, 0.4) is 0 Å². The monoisotopic (exact) mass is 315 g/mol. The summed E-state index contributed by atoms with van der Waals surface area (Å²) >= 11 is 0. The zero-order chi connectivity index (χ0) is 14.7. The topological polar surface area (TPSA) is 81.2 Å². The van der Waals surface area contributed by atoms with E-state index in [-0.39, 0.29) is 36.3 Å². The van der Waals surface area contributed by atoms with Crippen molar-refractivity contribution in [3.05, 3.63) is 17.0 Å². The minimum atomic E-state index is 0. The molecule has 3 N–H and O–H groups in total. The summed E-state index contributed by atoms with van der Waals surface area (Å²) in [5.41, 5.74) is 7.94. The van der Waals surface area contributed by atoms with Gasteiger partial charge in [0.1, 0.15) is 5.76 Å². The number of nitrogens with one attached hydrogen (secondary N) is 1. The highest BCUT2D eigenvalue weighted by atomic mass is 35.5. The van der Waals surface area contributed by atoms with Gasteiger partial charge in [-0.1, -0.05) is 11.6 Å². The molecular weight excluding hydrogens is 290 g/mol. The van der Waals surface area contributed by atoms with Gasteiger partial charge in [0.15, 0.2) is 0 Å². The fourth-order valence-electron chi connectivity index (χ4n) is 2.98. The summed E-state index contributed by atoms with van der Waals surface area (Å²) in [5, 5.41) is 7.04. The Balaban J connectivity index is 0.00000220. The molecule has 1 aromatic rings. The Kier molecular flexibility index (Phi) is 6.68. The molecule has 0 saturated heterocycles. The molecule has 1 fully saturated rings. The Bertz CT molecular complexity index is 456. The van der Waals surface area contributed by atoms with E-state index in [4.69, 9.17) is 10.3 Å². The van der Waals surface area contributed by atoms with Crippen LogP contribution >= 0.6 is 12.4 Å². The van der Waals surface area contributed by atoms with Crippen molar-refractivity contribution in [1.82, 2.24) is 10.5 Å². The van der Waals surface area contributed by atoms with Gasteiger partial charge >= 0.3 is 0 Å². The molecule has 21 heavy (non-hydrogen) atoms. The van der Waals surface area contributed by atoms with Crippen molar-refractivity contribution in [3.8, 4) is 0 Å². The third-order valence-corrected chi connectivity index (χ3v) is 4.17. The summed E-state index contributed by atoms with van der Waals surface area (Å²) in [5.74, 6) is 1.05. The van der Waals surface area contributed by atoms with E-state index in [9.17, 15) is 4.79 Å². The minimum Gasteiger partial charge on any atom is -0.361 e. The van der Waals surface area contributed by atoms with Crippen LogP contribution < -0.4 is 11.1 Å².